The average molecular weight is 279 g/mol. The molecule has 4 heteroatoms. The molecule has 0 fully saturated rings. The van der Waals surface area contributed by atoms with Crippen molar-refractivity contribution in [1.82, 2.24) is 9.38 Å². The molecule has 3 aromatic rings. The third-order valence-electron chi connectivity index (χ3n) is 3.33. The van der Waals surface area contributed by atoms with Crippen LogP contribution < -0.4 is 5.32 Å². The molecule has 0 bridgehead atoms. The number of nitrogens with zero attached hydrogens (tertiary/aromatic N) is 2. The van der Waals surface area contributed by atoms with Gasteiger partial charge in [0.05, 0.1) is 11.4 Å². The Balaban J connectivity index is 2.04. The number of hydrogen-bond acceptors (Lipinski definition) is 2. The maximum Gasteiger partial charge on any atom is 0.227 e. The van der Waals surface area contributed by atoms with E-state index in [4.69, 9.17) is 0 Å². The van der Waals surface area contributed by atoms with Gasteiger partial charge in [-0.25, -0.2) is 4.98 Å². The van der Waals surface area contributed by atoms with Gasteiger partial charge in [0, 0.05) is 23.9 Å². The molecule has 0 aliphatic rings. The number of nitrogens with one attached hydrogen (secondary N) is 1. The largest absolute Gasteiger partial charge is 0.323 e. The van der Waals surface area contributed by atoms with Crippen LogP contribution in [-0.4, -0.2) is 15.3 Å². The maximum absolute atomic E-state index is 11.9. The van der Waals surface area contributed by atoms with Gasteiger partial charge in [0.25, 0.3) is 0 Å². The molecule has 0 atom stereocenters. The summed E-state index contributed by atoms with van der Waals surface area (Å²) in [4.78, 5) is 16.5. The van der Waals surface area contributed by atoms with E-state index in [1.807, 2.05) is 73.1 Å². The fraction of sp³-hybridized carbons (Fsp3) is 0.176. The van der Waals surface area contributed by atoms with Crippen molar-refractivity contribution in [1.29, 1.82) is 0 Å². The summed E-state index contributed by atoms with van der Waals surface area (Å²) in [6.07, 6.45) is 3.90. The SMILES string of the molecule is CC(C)C(=O)Nc1cccn2cc(-c3ccccc3)nc12. The van der Waals surface area contributed by atoms with Gasteiger partial charge in [-0.05, 0) is 12.1 Å². The molecule has 0 saturated carbocycles. The van der Waals surface area contributed by atoms with Gasteiger partial charge in [-0.15, -0.1) is 0 Å². The van der Waals surface area contributed by atoms with Crippen LogP contribution in [0.2, 0.25) is 0 Å². The van der Waals surface area contributed by atoms with Crippen molar-refractivity contribution in [3.63, 3.8) is 0 Å². The Morgan fingerprint density at radius 3 is 2.62 bits per heavy atom. The number of fused-ring (bicyclic) bond motifs is 1. The van der Waals surface area contributed by atoms with E-state index >= 15 is 0 Å². The molecule has 1 amide bonds. The number of hydrogen-bond donors (Lipinski definition) is 1. The number of pyridine rings is 1. The molecule has 106 valence electrons. The predicted octanol–water partition coefficient (Wildman–Crippen LogP) is 3.60. The van der Waals surface area contributed by atoms with Crippen molar-refractivity contribution in [2.75, 3.05) is 5.32 Å². The second kappa shape index (κ2) is 5.40. The Hall–Kier alpha value is -2.62. The Bertz CT molecular complexity index is 775. The molecule has 0 radical (unpaired) electrons. The molecule has 0 unspecified atom stereocenters. The first kappa shape index (κ1) is 13.4. The van der Waals surface area contributed by atoms with Gasteiger partial charge in [-0.2, -0.15) is 0 Å². The summed E-state index contributed by atoms with van der Waals surface area (Å²) in [5, 5.41) is 2.93. The third kappa shape index (κ3) is 2.65. The van der Waals surface area contributed by atoms with Gasteiger partial charge in [0.1, 0.15) is 0 Å². The lowest BCUT2D eigenvalue weighted by Crippen LogP contribution is -2.18. The lowest BCUT2D eigenvalue weighted by Gasteiger charge is -2.08. The van der Waals surface area contributed by atoms with Crippen molar-refractivity contribution >= 4 is 17.2 Å². The summed E-state index contributed by atoms with van der Waals surface area (Å²) in [5.41, 5.74) is 3.44. The van der Waals surface area contributed by atoms with Crippen molar-refractivity contribution in [3.05, 3.63) is 54.9 Å². The monoisotopic (exact) mass is 279 g/mol. The van der Waals surface area contributed by atoms with Crippen molar-refractivity contribution in [3.8, 4) is 11.3 Å². The van der Waals surface area contributed by atoms with E-state index in [1.54, 1.807) is 0 Å². The second-order valence-electron chi connectivity index (χ2n) is 5.29. The Labute approximate surface area is 123 Å². The predicted molar refractivity (Wildman–Crippen MR) is 84.1 cm³/mol. The van der Waals surface area contributed by atoms with E-state index in [0.29, 0.717) is 0 Å². The van der Waals surface area contributed by atoms with Crippen LogP contribution in [0.5, 0.6) is 0 Å². The van der Waals surface area contributed by atoms with Crippen LogP contribution in [-0.2, 0) is 4.79 Å². The molecule has 2 aromatic heterocycles. The van der Waals surface area contributed by atoms with Crippen molar-refractivity contribution < 1.29 is 4.79 Å². The average Bonchev–Trinajstić information content (AvgIpc) is 2.93. The minimum absolute atomic E-state index is 0.00707. The van der Waals surface area contributed by atoms with E-state index in [9.17, 15) is 4.79 Å². The molecule has 0 spiro atoms. The molecule has 0 aliphatic carbocycles. The fourth-order valence-corrected chi connectivity index (χ4v) is 2.14. The van der Waals surface area contributed by atoms with Gasteiger partial charge in [0.15, 0.2) is 5.65 Å². The molecule has 1 N–H and O–H groups in total. The third-order valence-corrected chi connectivity index (χ3v) is 3.33. The summed E-state index contributed by atoms with van der Waals surface area (Å²) < 4.78 is 1.93. The molecule has 1 aromatic carbocycles. The molecule has 21 heavy (non-hydrogen) atoms. The van der Waals surface area contributed by atoms with E-state index in [-0.39, 0.29) is 11.8 Å². The Morgan fingerprint density at radius 2 is 1.90 bits per heavy atom. The van der Waals surface area contributed by atoms with Gasteiger partial charge in [0.2, 0.25) is 5.91 Å². The standard InChI is InChI=1S/C17H17N3O/c1-12(2)17(21)19-14-9-6-10-20-11-15(18-16(14)20)13-7-4-3-5-8-13/h3-12H,1-2H3,(H,19,21). The Morgan fingerprint density at radius 1 is 1.14 bits per heavy atom. The second-order valence-corrected chi connectivity index (χ2v) is 5.29. The maximum atomic E-state index is 11.9. The summed E-state index contributed by atoms with van der Waals surface area (Å²) >= 11 is 0. The normalized spacial score (nSPS) is 11.0. The van der Waals surface area contributed by atoms with Gasteiger partial charge >= 0.3 is 0 Å². The topological polar surface area (TPSA) is 46.4 Å². The van der Waals surface area contributed by atoms with Crippen molar-refractivity contribution in [2.45, 2.75) is 13.8 Å². The quantitative estimate of drug-likeness (QED) is 0.796. The van der Waals surface area contributed by atoms with Gasteiger partial charge in [-0.3, -0.25) is 4.79 Å². The number of amides is 1. The molecular weight excluding hydrogens is 262 g/mol. The van der Waals surface area contributed by atoms with Crippen LogP contribution in [0.25, 0.3) is 16.9 Å². The summed E-state index contributed by atoms with van der Waals surface area (Å²) in [7, 11) is 0. The van der Waals surface area contributed by atoms with Crippen LogP contribution in [0.15, 0.2) is 54.9 Å². The van der Waals surface area contributed by atoms with E-state index in [0.717, 1.165) is 22.6 Å². The van der Waals surface area contributed by atoms with Crippen LogP contribution in [0.4, 0.5) is 5.69 Å². The number of benzene rings is 1. The first-order chi connectivity index (χ1) is 10.1. The zero-order chi connectivity index (χ0) is 14.8. The number of anilines is 1. The van der Waals surface area contributed by atoms with Crippen LogP contribution in [0, 0.1) is 5.92 Å². The summed E-state index contributed by atoms with van der Waals surface area (Å²) in [6.45, 7) is 3.74. The van der Waals surface area contributed by atoms with Gasteiger partial charge in [-0.1, -0.05) is 44.2 Å². The van der Waals surface area contributed by atoms with Crippen LogP contribution in [0.1, 0.15) is 13.8 Å². The highest BCUT2D eigenvalue weighted by atomic mass is 16.1. The van der Waals surface area contributed by atoms with Crippen LogP contribution in [0.3, 0.4) is 0 Å². The fourth-order valence-electron chi connectivity index (χ4n) is 2.14. The minimum atomic E-state index is -0.0613. The molecular formula is C17H17N3O. The molecule has 4 nitrogen and oxygen atoms in total. The summed E-state index contributed by atoms with van der Waals surface area (Å²) in [5.74, 6) is -0.0684. The first-order valence-electron chi connectivity index (χ1n) is 6.99. The Kier molecular flexibility index (Phi) is 3.44. The lowest BCUT2D eigenvalue weighted by molar-refractivity contribution is -0.118. The number of aromatic nitrogens is 2. The molecule has 3 rings (SSSR count). The number of imidazole rings is 1. The zero-order valence-electron chi connectivity index (χ0n) is 12.1. The molecule has 0 aliphatic heterocycles. The smallest absolute Gasteiger partial charge is 0.227 e. The minimum Gasteiger partial charge on any atom is -0.323 e. The van der Waals surface area contributed by atoms with Crippen LogP contribution >= 0.6 is 0 Å². The molecule has 0 saturated heterocycles. The van der Waals surface area contributed by atoms with Crippen molar-refractivity contribution in [2.24, 2.45) is 5.92 Å². The first-order valence-corrected chi connectivity index (χ1v) is 6.99. The highest BCUT2D eigenvalue weighted by molar-refractivity contribution is 5.95. The van der Waals surface area contributed by atoms with E-state index in [2.05, 4.69) is 10.3 Å². The number of carbonyl (C=O) groups is 1. The summed E-state index contributed by atoms with van der Waals surface area (Å²) in [6, 6.07) is 13.8. The van der Waals surface area contributed by atoms with E-state index < -0.39 is 0 Å². The number of carbonyl (C=O) groups excluding carboxylic acids is 1. The highest BCUT2D eigenvalue weighted by Crippen LogP contribution is 2.23. The van der Waals surface area contributed by atoms with Gasteiger partial charge < -0.3 is 9.72 Å². The zero-order valence-corrected chi connectivity index (χ0v) is 12.1. The molecule has 2 heterocycles. The lowest BCUT2D eigenvalue weighted by atomic mass is 10.2. The highest BCUT2D eigenvalue weighted by Gasteiger charge is 2.12. The number of rotatable bonds is 3. The van der Waals surface area contributed by atoms with E-state index in [1.165, 1.54) is 0 Å².